The molecule has 0 spiro atoms. The number of amides is 1. The molecule has 3 nitrogen and oxygen atoms in total. The molecule has 3 heteroatoms. The molecule has 1 amide bonds. The van der Waals surface area contributed by atoms with E-state index in [1.54, 1.807) is 0 Å². The van der Waals surface area contributed by atoms with E-state index in [2.05, 4.69) is 6.08 Å². The Morgan fingerprint density at radius 1 is 1.54 bits per heavy atom. The summed E-state index contributed by atoms with van der Waals surface area (Å²) in [7, 11) is 0. The van der Waals surface area contributed by atoms with E-state index in [-0.39, 0.29) is 11.8 Å². The van der Waals surface area contributed by atoms with Crippen LogP contribution in [0.2, 0.25) is 0 Å². The Bertz CT molecular complexity index is 211. The Balaban J connectivity index is 2.53. The van der Waals surface area contributed by atoms with Crippen LogP contribution in [0.15, 0.2) is 11.6 Å². The summed E-state index contributed by atoms with van der Waals surface area (Å²) < 4.78 is 0. The monoisotopic (exact) mass is 182 g/mol. The molecule has 0 aromatic carbocycles. The largest absolute Gasteiger partial charge is 0.370 e. The number of hydrogen-bond donors (Lipinski definition) is 2. The van der Waals surface area contributed by atoms with Gasteiger partial charge in [-0.25, -0.2) is 0 Å². The van der Waals surface area contributed by atoms with Crippen LogP contribution in [0.5, 0.6) is 0 Å². The van der Waals surface area contributed by atoms with Crippen LogP contribution in [-0.4, -0.2) is 12.5 Å². The molecule has 0 radical (unpaired) electrons. The highest BCUT2D eigenvalue weighted by molar-refractivity contribution is 5.74. The minimum Gasteiger partial charge on any atom is -0.370 e. The predicted octanol–water partition coefficient (Wildman–Crippen LogP) is 0.937. The van der Waals surface area contributed by atoms with E-state index >= 15 is 0 Å². The number of carbonyl (C=O) groups is 1. The number of rotatable bonds is 4. The van der Waals surface area contributed by atoms with Crippen LogP contribution in [0.3, 0.4) is 0 Å². The number of hydrogen-bond acceptors (Lipinski definition) is 2. The zero-order chi connectivity index (χ0) is 9.68. The summed E-state index contributed by atoms with van der Waals surface area (Å²) in [4.78, 5) is 10.8. The maximum atomic E-state index is 10.8. The first-order chi connectivity index (χ1) is 6.24. The molecule has 1 rings (SSSR count). The molecule has 0 aromatic heterocycles. The molecule has 1 atom stereocenters. The van der Waals surface area contributed by atoms with E-state index in [4.69, 9.17) is 11.5 Å². The van der Waals surface area contributed by atoms with Crippen molar-refractivity contribution in [2.75, 3.05) is 6.54 Å². The van der Waals surface area contributed by atoms with Crippen molar-refractivity contribution >= 4 is 5.91 Å². The SMILES string of the molecule is NCC(CC(N)=O)C1=CCCCC1. The molecule has 1 aliphatic rings. The Labute approximate surface area is 79.2 Å². The van der Waals surface area contributed by atoms with Gasteiger partial charge in [-0.05, 0) is 32.2 Å². The van der Waals surface area contributed by atoms with Crippen molar-refractivity contribution in [2.45, 2.75) is 32.1 Å². The fourth-order valence-electron chi connectivity index (χ4n) is 1.84. The van der Waals surface area contributed by atoms with E-state index in [0.717, 1.165) is 12.8 Å². The highest BCUT2D eigenvalue weighted by Crippen LogP contribution is 2.25. The van der Waals surface area contributed by atoms with Gasteiger partial charge in [-0.2, -0.15) is 0 Å². The quantitative estimate of drug-likeness (QED) is 0.635. The van der Waals surface area contributed by atoms with Crippen molar-refractivity contribution in [3.8, 4) is 0 Å². The van der Waals surface area contributed by atoms with Crippen molar-refractivity contribution in [3.05, 3.63) is 11.6 Å². The highest BCUT2D eigenvalue weighted by Gasteiger charge is 2.16. The lowest BCUT2D eigenvalue weighted by Gasteiger charge is -2.20. The standard InChI is InChI=1S/C10H18N2O/c11-7-9(6-10(12)13)8-4-2-1-3-5-8/h4,9H,1-3,5-7,11H2,(H2,12,13). The third-order valence-corrected chi connectivity index (χ3v) is 2.58. The van der Waals surface area contributed by atoms with Crippen LogP contribution in [-0.2, 0) is 4.79 Å². The lowest BCUT2D eigenvalue weighted by molar-refractivity contribution is -0.118. The fraction of sp³-hybridized carbons (Fsp3) is 0.700. The third-order valence-electron chi connectivity index (χ3n) is 2.58. The third kappa shape index (κ3) is 3.19. The van der Waals surface area contributed by atoms with E-state index in [1.807, 2.05) is 0 Å². The second-order valence-corrected chi connectivity index (χ2v) is 3.63. The van der Waals surface area contributed by atoms with Gasteiger partial charge >= 0.3 is 0 Å². The van der Waals surface area contributed by atoms with Crippen LogP contribution in [0, 0.1) is 5.92 Å². The summed E-state index contributed by atoms with van der Waals surface area (Å²) in [6, 6.07) is 0. The first kappa shape index (κ1) is 10.3. The molecule has 0 bridgehead atoms. The van der Waals surface area contributed by atoms with Crippen molar-refractivity contribution in [3.63, 3.8) is 0 Å². The molecular formula is C10H18N2O. The Morgan fingerprint density at radius 3 is 2.77 bits per heavy atom. The summed E-state index contributed by atoms with van der Waals surface area (Å²) in [6.07, 6.45) is 7.34. The molecule has 0 saturated carbocycles. The Kier molecular flexibility index (Phi) is 3.96. The summed E-state index contributed by atoms with van der Waals surface area (Å²) in [5.41, 5.74) is 12.1. The van der Waals surface area contributed by atoms with E-state index in [1.165, 1.54) is 18.4 Å². The minimum atomic E-state index is -0.248. The molecule has 0 fully saturated rings. The van der Waals surface area contributed by atoms with Gasteiger partial charge in [-0.15, -0.1) is 0 Å². The number of nitrogens with two attached hydrogens (primary N) is 2. The number of primary amides is 1. The predicted molar refractivity (Wildman–Crippen MR) is 52.9 cm³/mol. The van der Waals surface area contributed by atoms with Crippen molar-refractivity contribution in [1.29, 1.82) is 0 Å². The van der Waals surface area contributed by atoms with Gasteiger partial charge in [0.15, 0.2) is 0 Å². The lowest BCUT2D eigenvalue weighted by atomic mass is 9.87. The highest BCUT2D eigenvalue weighted by atomic mass is 16.1. The van der Waals surface area contributed by atoms with Crippen LogP contribution >= 0.6 is 0 Å². The van der Waals surface area contributed by atoms with E-state index in [0.29, 0.717) is 13.0 Å². The zero-order valence-electron chi connectivity index (χ0n) is 7.96. The molecular weight excluding hydrogens is 164 g/mol. The topological polar surface area (TPSA) is 69.1 Å². The second kappa shape index (κ2) is 5.02. The van der Waals surface area contributed by atoms with Crippen LogP contribution in [0.1, 0.15) is 32.1 Å². The summed E-state index contributed by atoms with van der Waals surface area (Å²) >= 11 is 0. The van der Waals surface area contributed by atoms with Crippen molar-refractivity contribution < 1.29 is 4.79 Å². The molecule has 13 heavy (non-hydrogen) atoms. The average Bonchev–Trinajstić information content (AvgIpc) is 2.15. The number of carbonyl (C=O) groups excluding carboxylic acids is 1. The first-order valence-electron chi connectivity index (χ1n) is 4.91. The Morgan fingerprint density at radius 2 is 2.31 bits per heavy atom. The van der Waals surface area contributed by atoms with Gasteiger partial charge < -0.3 is 11.5 Å². The normalized spacial score (nSPS) is 19.3. The molecule has 1 aliphatic carbocycles. The van der Waals surface area contributed by atoms with Gasteiger partial charge in [0.1, 0.15) is 0 Å². The minimum absolute atomic E-state index is 0.192. The maximum Gasteiger partial charge on any atom is 0.218 e. The second-order valence-electron chi connectivity index (χ2n) is 3.63. The summed E-state index contributed by atoms with van der Waals surface area (Å²) in [5.74, 6) is -0.0558. The maximum absolute atomic E-state index is 10.8. The lowest BCUT2D eigenvalue weighted by Crippen LogP contribution is -2.24. The van der Waals surface area contributed by atoms with Crippen molar-refractivity contribution in [2.24, 2.45) is 17.4 Å². The molecule has 0 heterocycles. The summed E-state index contributed by atoms with van der Waals surface area (Å²) in [6.45, 7) is 0.536. The van der Waals surface area contributed by atoms with Crippen molar-refractivity contribution in [1.82, 2.24) is 0 Å². The first-order valence-corrected chi connectivity index (χ1v) is 4.91. The van der Waals surface area contributed by atoms with Gasteiger partial charge in [-0.3, -0.25) is 4.79 Å². The van der Waals surface area contributed by atoms with Gasteiger partial charge in [0, 0.05) is 12.3 Å². The van der Waals surface area contributed by atoms with Crippen LogP contribution in [0.4, 0.5) is 0 Å². The van der Waals surface area contributed by atoms with Gasteiger partial charge in [0.2, 0.25) is 5.91 Å². The van der Waals surface area contributed by atoms with Crippen LogP contribution in [0.25, 0.3) is 0 Å². The molecule has 1 unspecified atom stereocenters. The zero-order valence-corrected chi connectivity index (χ0v) is 7.96. The molecule has 4 N–H and O–H groups in total. The molecule has 0 aliphatic heterocycles. The Hall–Kier alpha value is -0.830. The smallest absolute Gasteiger partial charge is 0.218 e. The van der Waals surface area contributed by atoms with E-state index < -0.39 is 0 Å². The average molecular weight is 182 g/mol. The van der Waals surface area contributed by atoms with Gasteiger partial charge in [-0.1, -0.05) is 11.6 Å². The summed E-state index contributed by atoms with van der Waals surface area (Å²) in [5, 5.41) is 0. The van der Waals surface area contributed by atoms with Gasteiger partial charge in [0.25, 0.3) is 0 Å². The van der Waals surface area contributed by atoms with Gasteiger partial charge in [0.05, 0.1) is 0 Å². The van der Waals surface area contributed by atoms with E-state index in [9.17, 15) is 4.79 Å². The molecule has 74 valence electrons. The number of allylic oxidation sites excluding steroid dienone is 1. The molecule has 0 saturated heterocycles. The fourth-order valence-corrected chi connectivity index (χ4v) is 1.84. The molecule has 0 aromatic rings. The van der Waals surface area contributed by atoms with Crippen LogP contribution < -0.4 is 11.5 Å².